The fourth-order valence-electron chi connectivity index (χ4n) is 4.12. The molecule has 0 bridgehead atoms. The summed E-state index contributed by atoms with van der Waals surface area (Å²) in [6.45, 7) is 5.70. The molecule has 0 aliphatic carbocycles. The molecule has 10 heteroatoms. The number of carbonyl (C=O) groups excluding carboxylic acids is 2. The Kier molecular flexibility index (Phi) is 11.0. The fraction of sp³-hybridized carbons (Fsp3) is 0.333. The second kappa shape index (κ2) is 14.2. The summed E-state index contributed by atoms with van der Waals surface area (Å²) >= 11 is 6.21. The van der Waals surface area contributed by atoms with Crippen molar-refractivity contribution >= 4 is 39.1 Å². The minimum absolute atomic E-state index is 0.0168. The molecule has 0 fully saturated rings. The first kappa shape index (κ1) is 31.0. The second-order valence-corrected chi connectivity index (χ2v) is 11.7. The monoisotopic (exact) mass is 585 g/mol. The smallest absolute Gasteiger partial charge is 0.264 e. The molecule has 2 amide bonds. The van der Waals surface area contributed by atoms with E-state index in [4.69, 9.17) is 16.3 Å². The lowest BCUT2D eigenvalue weighted by Gasteiger charge is -2.32. The van der Waals surface area contributed by atoms with Gasteiger partial charge in [-0.3, -0.25) is 13.9 Å². The van der Waals surface area contributed by atoms with Crippen LogP contribution in [0.4, 0.5) is 5.69 Å². The number of nitrogens with one attached hydrogen (secondary N) is 1. The van der Waals surface area contributed by atoms with Crippen molar-refractivity contribution in [1.29, 1.82) is 0 Å². The molecule has 0 aliphatic heterocycles. The van der Waals surface area contributed by atoms with E-state index in [1.54, 1.807) is 25.1 Å². The molecule has 0 aromatic heterocycles. The van der Waals surface area contributed by atoms with Gasteiger partial charge in [-0.05, 0) is 73.9 Å². The zero-order valence-electron chi connectivity index (χ0n) is 23.3. The quantitative estimate of drug-likeness (QED) is 0.279. The van der Waals surface area contributed by atoms with Crippen LogP contribution < -0.4 is 14.4 Å². The summed E-state index contributed by atoms with van der Waals surface area (Å²) in [6, 6.07) is 19.0. The van der Waals surface area contributed by atoms with Gasteiger partial charge in [0.25, 0.3) is 10.0 Å². The lowest BCUT2D eigenvalue weighted by Crippen LogP contribution is -2.51. The van der Waals surface area contributed by atoms with Crippen LogP contribution >= 0.6 is 11.6 Å². The van der Waals surface area contributed by atoms with Crippen LogP contribution in [0.5, 0.6) is 5.75 Å². The highest BCUT2D eigenvalue weighted by Crippen LogP contribution is 2.28. The first-order chi connectivity index (χ1) is 19.1. The minimum atomic E-state index is -4.20. The molecule has 214 valence electrons. The third-order valence-electron chi connectivity index (χ3n) is 6.62. The van der Waals surface area contributed by atoms with E-state index in [2.05, 4.69) is 5.32 Å². The van der Waals surface area contributed by atoms with E-state index < -0.39 is 28.5 Å². The molecular formula is C30H36ClN3O5S. The number of carbonyl (C=O) groups is 2. The maximum Gasteiger partial charge on any atom is 0.264 e. The van der Waals surface area contributed by atoms with Gasteiger partial charge < -0.3 is 15.0 Å². The van der Waals surface area contributed by atoms with Crippen molar-refractivity contribution in [2.75, 3.05) is 24.5 Å². The normalized spacial score (nSPS) is 11.9. The Morgan fingerprint density at radius 1 is 1.02 bits per heavy atom. The fourth-order valence-corrected chi connectivity index (χ4v) is 5.72. The largest absolute Gasteiger partial charge is 0.497 e. The zero-order chi connectivity index (χ0) is 29.3. The van der Waals surface area contributed by atoms with Crippen molar-refractivity contribution in [1.82, 2.24) is 10.2 Å². The lowest BCUT2D eigenvalue weighted by atomic mass is 10.1. The van der Waals surface area contributed by atoms with Crippen LogP contribution in [0.2, 0.25) is 5.02 Å². The molecule has 3 rings (SSSR count). The highest BCUT2D eigenvalue weighted by atomic mass is 35.5. The van der Waals surface area contributed by atoms with Gasteiger partial charge in [0.15, 0.2) is 0 Å². The van der Waals surface area contributed by atoms with Crippen LogP contribution in [0, 0.1) is 6.92 Å². The zero-order valence-corrected chi connectivity index (χ0v) is 24.8. The Balaban J connectivity index is 2.01. The highest BCUT2D eigenvalue weighted by molar-refractivity contribution is 7.92. The summed E-state index contributed by atoms with van der Waals surface area (Å²) in [6.07, 6.45) is 1.73. The summed E-state index contributed by atoms with van der Waals surface area (Å²) in [5.41, 5.74) is 2.04. The molecule has 8 nitrogen and oxygen atoms in total. The molecule has 0 aliphatic rings. The predicted molar refractivity (Wildman–Crippen MR) is 158 cm³/mol. The number of aryl methyl sites for hydroxylation is 1. The van der Waals surface area contributed by atoms with Gasteiger partial charge in [0.05, 0.1) is 17.7 Å². The minimum Gasteiger partial charge on any atom is -0.497 e. The van der Waals surface area contributed by atoms with Gasteiger partial charge in [0.2, 0.25) is 11.8 Å². The summed E-state index contributed by atoms with van der Waals surface area (Å²) in [5, 5.41) is 3.20. The van der Waals surface area contributed by atoms with Gasteiger partial charge in [0, 0.05) is 18.1 Å². The molecule has 0 heterocycles. The van der Waals surface area contributed by atoms with Crippen molar-refractivity contribution in [3.63, 3.8) is 0 Å². The van der Waals surface area contributed by atoms with E-state index in [0.717, 1.165) is 28.3 Å². The van der Waals surface area contributed by atoms with Crippen LogP contribution in [0.25, 0.3) is 0 Å². The third-order valence-corrected chi connectivity index (χ3v) is 8.64. The number of unbranched alkanes of at least 4 members (excludes halogenated alkanes) is 1. The highest BCUT2D eigenvalue weighted by Gasteiger charge is 2.32. The van der Waals surface area contributed by atoms with E-state index in [9.17, 15) is 18.0 Å². The van der Waals surface area contributed by atoms with Gasteiger partial charge in [-0.2, -0.15) is 0 Å². The SMILES string of the molecule is CCCCNC(=O)[C@H](C)N(Cc1ccccc1C)C(=O)CN(c1cccc(Cl)c1)S(=O)(=O)c1ccc(OC)cc1. The Hall–Kier alpha value is -3.56. The van der Waals surface area contributed by atoms with Gasteiger partial charge >= 0.3 is 0 Å². The van der Waals surface area contributed by atoms with Gasteiger partial charge in [-0.1, -0.05) is 55.3 Å². The standard InChI is InChI=1S/C30H36ClN3O5S/c1-5-6-18-32-30(36)23(3)33(20-24-11-8-7-10-22(24)2)29(35)21-34(26-13-9-12-25(31)19-26)40(37,38)28-16-14-27(39-4)15-17-28/h7-17,19,23H,5-6,18,20-21H2,1-4H3,(H,32,36)/t23-/m0/s1. The van der Waals surface area contributed by atoms with Crippen molar-refractivity contribution in [2.45, 2.75) is 51.1 Å². The molecule has 3 aromatic carbocycles. The number of halogens is 1. The molecular weight excluding hydrogens is 550 g/mol. The number of methoxy groups -OCH3 is 1. The summed E-state index contributed by atoms with van der Waals surface area (Å²) in [5.74, 6) is -0.335. The maximum absolute atomic E-state index is 14.0. The number of sulfonamides is 1. The van der Waals surface area contributed by atoms with E-state index in [0.29, 0.717) is 17.3 Å². The van der Waals surface area contributed by atoms with E-state index in [1.165, 1.54) is 42.3 Å². The molecule has 0 spiro atoms. The van der Waals surface area contributed by atoms with Crippen molar-refractivity contribution in [3.05, 3.63) is 88.9 Å². The molecule has 0 radical (unpaired) electrons. The van der Waals surface area contributed by atoms with E-state index in [-0.39, 0.29) is 23.0 Å². The van der Waals surface area contributed by atoms with Crippen molar-refractivity contribution < 1.29 is 22.7 Å². The number of hydrogen-bond donors (Lipinski definition) is 1. The molecule has 1 N–H and O–H groups in total. The molecule has 3 aromatic rings. The second-order valence-electron chi connectivity index (χ2n) is 9.44. The molecule has 0 unspecified atom stereocenters. The number of amides is 2. The first-order valence-corrected chi connectivity index (χ1v) is 14.9. The summed E-state index contributed by atoms with van der Waals surface area (Å²) in [7, 11) is -2.71. The third kappa shape index (κ3) is 7.76. The van der Waals surface area contributed by atoms with Crippen molar-refractivity contribution in [2.24, 2.45) is 0 Å². The van der Waals surface area contributed by atoms with Crippen LogP contribution in [-0.4, -0.2) is 51.4 Å². The van der Waals surface area contributed by atoms with Crippen LogP contribution in [0.1, 0.15) is 37.8 Å². The Morgan fingerprint density at radius 2 is 1.73 bits per heavy atom. The summed E-state index contributed by atoms with van der Waals surface area (Å²) in [4.78, 5) is 28.4. The molecule has 0 saturated heterocycles. The summed E-state index contributed by atoms with van der Waals surface area (Å²) < 4.78 is 34.0. The Morgan fingerprint density at radius 3 is 2.35 bits per heavy atom. The number of anilines is 1. The predicted octanol–water partition coefficient (Wildman–Crippen LogP) is 5.19. The molecule has 0 saturated carbocycles. The van der Waals surface area contributed by atoms with E-state index in [1.807, 2.05) is 38.1 Å². The number of benzene rings is 3. The number of ether oxygens (including phenoxy) is 1. The van der Waals surface area contributed by atoms with Crippen LogP contribution in [-0.2, 0) is 26.2 Å². The van der Waals surface area contributed by atoms with Crippen molar-refractivity contribution in [3.8, 4) is 5.75 Å². The number of rotatable bonds is 13. The molecule has 1 atom stereocenters. The molecule has 40 heavy (non-hydrogen) atoms. The lowest BCUT2D eigenvalue weighted by molar-refractivity contribution is -0.139. The average Bonchev–Trinajstić information content (AvgIpc) is 2.95. The van der Waals surface area contributed by atoms with E-state index >= 15 is 0 Å². The van der Waals surface area contributed by atoms with Gasteiger partial charge in [-0.25, -0.2) is 8.42 Å². The number of nitrogens with zero attached hydrogens (tertiary/aromatic N) is 2. The topological polar surface area (TPSA) is 96.0 Å². The maximum atomic E-state index is 14.0. The van der Waals surface area contributed by atoms with Gasteiger partial charge in [-0.15, -0.1) is 0 Å². The van der Waals surface area contributed by atoms with Gasteiger partial charge in [0.1, 0.15) is 18.3 Å². The van der Waals surface area contributed by atoms with Crippen LogP contribution in [0.15, 0.2) is 77.7 Å². The Bertz CT molecular complexity index is 1410. The average molecular weight is 586 g/mol. The Labute approximate surface area is 241 Å². The number of hydrogen-bond acceptors (Lipinski definition) is 5. The van der Waals surface area contributed by atoms with Crippen LogP contribution in [0.3, 0.4) is 0 Å². The first-order valence-electron chi connectivity index (χ1n) is 13.1.